The Kier molecular flexibility index (Phi) is 4.34. The number of likely N-dealkylation sites (tertiary alicyclic amines) is 1. The molecule has 3 unspecified atom stereocenters. The van der Waals surface area contributed by atoms with Crippen molar-refractivity contribution in [2.75, 3.05) is 20.2 Å². The Bertz CT molecular complexity index is 397. The molecule has 0 spiro atoms. The summed E-state index contributed by atoms with van der Waals surface area (Å²) in [5, 5.41) is 12.6. The largest absolute Gasteiger partial charge is 0.480 e. The number of hydrogen-bond donors (Lipinski definition) is 2. The second-order valence-corrected chi connectivity index (χ2v) is 6.42. The zero-order chi connectivity index (χ0) is 14.9. The average molecular weight is 284 g/mol. The molecule has 2 aliphatic heterocycles. The van der Waals surface area contributed by atoms with Gasteiger partial charge in [0, 0.05) is 20.1 Å². The lowest BCUT2D eigenvalue weighted by Crippen LogP contribution is -2.58. The fourth-order valence-electron chi connectivity index (χ4n) is 3.24. The molecule has 2 rings (SSSR count). The number of nitrogens with one attached hydrogen (secondary N) is 1. The molecule has 2 fully saturated rings. The van der Waals surface area contributed by atoms with Crippen molar-refractivity contribution in [1.82, 2.24) is 10.2 Å². The molecule has 6 heteroatoms. The molecule has 0 aromatic rings. The van der Waals surface area contributed by atoms with Crippen molar-refractivity contribution in [2.24, 2.45) is 5.41 Å². The standard InChI is InChI=1S/C14H24N2O4/c1-14(2)5-4-6-15-11(14)12(17)16-8-9(20-3)7-10(16)13(18)19/h9-11,15H,4-8H2,1-3H3,(H,18,19). The van der Waals surface area contributed by atoms with E-state index < -0.39 is 12.0 Å². The summed E-state index contributed by atoms with van der Waals surface area (Å²) in [6.45, 7) is 5.28. The molecule has 20 heavy (non-hydrogen) atoms. The van der Waals surface area contributed by atoms with E-state index in [-0.39, 0.29) is 23.5 Å². The number of rotatable bonds is 3. The SMILES string of the molecule is COC1CC(C(=O)O)N(C(=O)C2NCCCC2(C)C)C1. The summed E-state index contributed by atoms with van der Waals surface area (Å²) in [6.07, 6.45) is 2.19. The number of amides is 1. The molecule has 0 radical (unpaired) electrons. The highest BCUT2D eigenvalue weighted by Gasteiger charge is 2.46. The summed E-state index contributed by atoms with van der Waals surface area (Å²) >= 11 is 0. The van der Waals surface area contributed by atoms with Gasteiger partial charge in [0.1, 0.15) is 6.04 Å². The van der Waals surface area contributed by atoms with Gasteiger partial charge in [0.25, 0.3) is 0 Å². The van der Waals surface area contributed by atoms with Gasteiger partial charge in [0.05, 0.1) is 12.1 Å². The van der Waals surface area contributed by atoms with Crippen molar-refractivity contribution in [3.8, 4) is 0 Å². The van der Waals surface area contributed by atoms with Gasteiger partial charge in [-0.2, -0.15) is 0 Å². The maximum absolute atomic E-state index is 12.7. The van der Waals surface area contributed by atoms with Gasteiger partial charge in [0.2, 0.25) is 5.91 Å². The highest BCUT2D eigenvalue weighted by atomic mass is 16.5. The number of piperidine rings is 1. The third kappa shape index (κ3) is 2.81. The van der Waals surface area contributed by atoms with Crippen molar-refractivity contribution in [3.05, 3.63) is 0 Å². The molecule has 0 saturated carbocycles. The summed E-state index contributed by atoms with van der Waals surface area (Å²) in [4.78, 5) is 25.6. The summed E-state index contributed by atoms with van der Waals surface area (Å²) in [6, 6.07) is -1.08. The van der Waals surface area contributed by atoms with Crippen molar-refractivity contribution in [3.63, 3.8) is 0 Å². The number of aliphatic carboxylic acids is 1. The summed E-state index contributed by atoms with van der Waals surface area (Å²) in [7, 11) is 1.56. The zero-order valence-electron chi connectivity index (χ0n) is 12.4. The van der Waals surface area contributed by atoms with Gasteiger partial charge in [0.15, 0.2) is 0 Å². The summed E-state index contributed by atoms with van der Waals surface area (Å²) < 4.78 is 5.23. The maximum Gasteiger partial charge on any atom is 0.326 e. The van der Waals surface area contributed by atoms with Crippen LogP contribution in [0.15, 0.2) is 0 Å². The molecule has 2 heterocycles. The first kappa shape index (κ1) is 15.3. The van der Waals surface area contributed by atoms with Crippen LogP contribution in [0.25, 0.3) is 0 Å². The smallest absolute Gasteiger partial charge is 0.326 e. The Balaban J connectivity index is 2.16. The molecule has 2 saturated heterocycles. The topological polar surface area (TPSA) is 78.9 Å². The zero-order valence-corrected chi connectivity index (χ0v) is 12.4. The minimum Gasteiger partial charge on any atom is -0.480 e. The Hall–Kier alpha value is -1.14. The van der Waals surface area contributed by atoms with Gasteiger partial charge in [-0.15, -0.1) is 0 Å². The number of carboxylic acid groups (broad SMARTS) is 1. The Morgan fingerprint density at radius 2 is 2.10 bits per heavy atom. The van der Waals surface area contributed by atoms with Gasteiger partial charge >= 0.3 is 5.97 Å². The molecule has 1 amide bonds. The second kappa shape index (κ2) is 5.69. The third-order valence-corrected chi connectivity index (χ3v) is 4.54. The molecule has 2 aliphatic rings. The summed E-state index contributed by atoms with van der Waals surface area (Å²) in [5.74, 6) is -1.06. The van der Waals surface area contributed by atoms with E-state index in [1.54, 1.807) is 7.11 Å². The van der Waals surface area contributed by atoms with Gasteiger partial charge in [-0.1, -0.05) is 13.8 Å². The minimum atomic E-state index is -0.952. The number of hydrogen-bond acceptors (Lipinski definition) is 4. The van der Waals surface area contributed by atoms with Crippen molar-refractivity contribution in [2.45, 2.75) is 51.3 Å². The first-order chi connectivity index (χ1) is 9.36. The first-order valence-electron chi connectivity index (χ1n) is 7.16. The van der Waals surface area contributed by atoms with Crippen LogP contribution in [0.2, 0.25) is 0 Å². The number of methoxy groups -OCH3 is 1. The molecule has 0 aliphatic carbocycles. The number of ether oxygens (including phenoxy) is 1. The fourth-order valence-corrected chi connectivity index (χ4v) is 3.24. The third-order valence-electron chi connectivity index (χ3n) is 4.54. The van der Waals surface area contributed by atoms with E-state index in [1.165, 1.54) is 4.90 Å². The van der Waals surface area contributed by atoms with E-state index in [4.69, 9.17) is 4.74 Å². The predicted molar refractivity (Wildman–Crippen MR) is 73.4 cm³/mol. The van der Waals surface area contributed by atoms with Gasteiger partial charge in [-0.3, -0.25) is 4.79 Å². The predicted octanol–water partition coefficient (Wildman–Crippen LogP) is 0.465. The number of carboxylic acids is 1. The molecular formula is C14H24N2O4. The fraction of sp³-hybridized carbons (Fsp3) is 0.857. The lowest BCUT2D eigenvalue weighted by atomic mass is 9.77. The highest BCUT2D eigenvalue weighted by molar-refractivity contribution is 5.88. The first-order valence-corrected chi connectivity index (χ1v) is 7.16. The van der Waals surface area contributed by atoms with Crippen LogP contribution in [0.3, 0.4) is 0 Å². The monoisotopic (exact) mass is 284 g/mol. The molecule has 0 aromatic heterocycles. The van der Waals surface area contributed by atoms with Crippen LogP contribution in [0.5, 0.6) is 0 Å². The van der Waals surface area contributed by atoms with E-state index in [9.17, 15) is 14.7 Å². The van der Waals surface area contributed by atoms with Crippen LogP contribution in [0.1, 0.15) is 33.1 Å². The van der Waals surface area contributed by atoms with E-state index in [0.29, 0.717) is 13.0 Å². The van der Waals surface area contributed by atoms with Crippen molar-refractivity contribution in [1.29, 1.82) is 0 Å². The maximum atomic E-state index is 12.7. The lowest BCUT2D eigenvalue weighted by Gasteiger charge is -2.40. The Labute approximate surface area is 119 Å². The quantitative estimate of drug-likeness (QED) is 0.787. The Morgan fingerprint density at radius 3 is 2.65 bits per heavy atom. The Morgan fingerprint density at radius 1 is 1.40 bits per heavy atom. The lowest BCUT2D eigenvalue weighted by molar-refractivity contribution is -0.150. The van der Waals surface area contributed by atoms with Crippen LogP contribution in [-0.2, 0) is 14.3 Å². The molecule has 114 valence electrons. The molecule has 3 atom stereocenters. The normalized spacial score (nSPS) is 33.1. The van der Waals surface area contributed by atoms with Crippen LogP contribution in [0, 0.1) is 5.41 Å². The molecule has 0 bridgehead atoms. The molecule has 6 nitrogen and oxygen atoms in total. The highest BCUT2D eigenvalue weighted by Crippen LogP contribution is 2.33. The number of carbonyl (C=O) groups excluding carboxylic acids is 1. The summed E-state index contributed by atoms with van der Waals surface area (Å²) in [5.41, 5.74) is -0.149. The van der Waals surface area contributed by atoms with Gasteiger partial charge in [-0.25, -0.2) is 4.79 Å². The van der Waals surface area contributed by atoms with Crippen LogP contribution < -0.4 is 5.32 Å². The van der Waals surface area contributed by atoms with Crippen LogP contribution in [0.4, 0.5) is 0 Å². The van der Waals surface area contributed by atoms with Gasteiger partial charge in [-0.05, 0) is 24.8 Å². The van der Waals surface area contributed by atoms with E-state index >= 15 is 0 Å². The van der Waals surface area contributed by atoms with Gasteiger partial charge < -0.3 is 20.1 Å². The van der Waals surface area contributed by atoms with E-state index in [1.807, 2.05) is 0 Å². The van der Waals surface area contributed by atoms with E-state index in [2.05, 4.69) is 19.2 Å². The molecule has 0 aromatic carbocycles. The van der Waals surface area contributed by atoms with Crippen molar-refractivity contribution < 1.29 is 19.4 Å². The van der Waals surface area contributed by atoms with Crippen LogP contribution in [-0.4, -0.2) is 60.3 Å². The number of nitrogens with zero attached hydrogens (tertiary/aromatic N) is 1. The minimum absolute atomic E-state index is 0.110. The second-order valence-electron chi connectivity index (χ2n) is 6.42. The van der Waals surface area contributed by atoms with Crippen molar-refractivity contribution >= 4 is 11.9 Å². The average Bonchev–Trinajstić information content (AvgIpc) is 2.82. The van der Waals surface area contributed by atoms with Crippen LogP contribution >= 0.6 is 0 Å². The van der Waals surface area contributed by atoms with E-state index in [0.717, 1.165) is 19.4 Å². The molecule has 2 N–H and O–H groups in total. The molecular weight excluding hydrogens is 260 g/mol. The number of carbonyl (C=O) groups is 2.